The molecule has 0 aliphatic rings. The molecular weight excluding hydrogens is 184 g/mol. The number of aliphatic hydroxyl groups is 1. The van der Waals surface area contributed by atoms with Gasteiger partial charge in [0, 0.05) is 11.9 Å². The third kappa shape index (κ3) is 3.65. The second kappa shape index (κ2) is 5.09. The number of pyridine rings is 1. The van der Waals surface area contributed by atoms with Crippen molar-refractivity contribution < 1.29 is 5.11 Å². The van der Waals surface area contributed by atoms with Crippen molar-refractivity contribution in [3.05, 3.63) is 23.9 Å². The maximum absolute atomic E-state index is 9.51. The highest BCUT2D eigenvalue weighted by Crippen LogP contribution is 2.08. The first-order chi connectivity index (χ1) is 6.22. The van der Waals surface area contributed by atoms with Gasteiger partial charge in [-0.2, -0.15) is 11.8 Å². The lowest BCUT2D eigenvalue weighted by Gasteiger charge is -2.08. The molecule has 1 unspecified atom stereocenters. The van der Waals surface area contributed by atoms with Crippen molar-refractivity contribution in [2.75, 3.05) is 17.7 Å². The quantitative estimate of drug-likeness (QED) is 0.755. The van der Waals surface area contributed by atoms with E-state index < -0.39 is 0 Å². The zero-order chi connectivity index (χ0) is 9.68. The van der Waals surface area contributed by atoms with E-state index in [1.807, 2.05) is 12.3 Å². The standard InChI is InChI=1S/C9H14N2OS/c1-13-6-8(12)4-7-2-3-11-9(10)5-7/h2-3,5,8,12H,4,6H2,1H3,(H2,10,11). The average Bonchev–Trinajstić information content (AvgIpc) is 2.04. The Hall–Kier alpha value is -0.740. The fraction of sp³-hybridized carbons (Fsp3) is 0.444. The van der Waals surface area contributed by atoms with Crippen LogP contribution >= 0.6 is 11.8 Å². The maximum Gasteiger partial charge on any atom is 0.123 e. The van der Waals surface area contributed by atoms with E-state index in [2.05, 4.69) is 4.98 Å². The topological polar surface area (TPSA) is 59.1 Å². The van der Waals surface area contributed by atoms with Crippen LogP contribution in [0, 0.1) is 0 Å². The summed E-state index contributed by atoms with van der Waals surface area (Å²) in [6, 6.07) is 3.67. The van der Waals surface area contributed by atoms with E-state index in [9.17, 15) is 5.11 Å². The van der Waals surface area contributed by atoms with E-state index in [0.717, 1.165) is 11.3 Å². The van der Waals surface area contributed by atoms with Crippen LogP contribution in [0.3, 0.4) is 0 Å². The molecule has 0 amide bonds. The number of thioether (sulfide) groups is 1. The lowest BCUT2D eigenvalue weighted by molar-refractivity contribution is 0.200. The Bertz CT molecular complexity index is 268. The lowest BCUT2D eigenvalue weighted by Crippen LogP contribution is -2.13. The van der Waals surface area contributed by atoms with Crippen LogP contribution in [0.2, 0.25) is 0 Å². The predicted octanol–water partition coefficient (Wildman–Crippen LogP) is 0.930. The molecule has 0 saturated carbocycles. The van der Waals surface area contributed by atoms with Crippen LogP contribution in [0.4, 0.5) is 5.82 Å². The van der Waals surface area contributed by atoms with Crippen molar-refractivity contribution in [1.29, 1.82) is 0 Å². The maximum atomic E-state index is 9.51. The number of rotatable bonds is 4. The number of hydrogen-bond acceptors (Lipinski definition) is 4. The van der Waals surface area contributed by atoms with Gasteiger partial charge in [-0.3, -0.25) is 0 Å². The molecule has 0 spiro atoms. The number of anilines is 1. The van der Waals surface area contributed by atoms with E-state index in [1.165, 1.54) is 0 Å². The van der Waals surface area contributed by atoms with Gasteiger partial charge < -0.3 is 10.8 Å². The van der Waals surface area contributed by atoms with E-state index in [1.54, 1.807) is 24.0 Å². The van der Waals surface area contributed by atoms with Gasteiger partial charge in [0.2, 0.25) is 0 Å². The smallest absolute Gasteiger partial charge is 0.123 e. The van der Waals surface area contributed by atoms with Crippen LogP contribution < -0.4 is 5.73 Å². The second-order valence-corrected chi connectivity index (χ2v) is 3.81. The minimum Gasteiger partial charge on any atom is -0.392 e. The van der Waals surface area contributed by atoms with Crippen molar-refractivity contribution in [3.8, 4) is 0 Å². The summed E-state index contributed by atoms with van der Waals surface area (Å²) in [6.07, 6.45) is 3.99. The summed E-state index contributed by atoms with van der Waals surface area (Å²) in [4.78, 5) is 3.88. The Morgan fingerprint density at radius 3 is 3.08 bits per heavy atom. The highest BCUT2D eigenvalue weighted by atomic mass is 32.2. The number of nitrogen functional groups attached to an aromatic ring is 1. The molecule has 4 heteroatoms. The molecule has 0 aromatic carbocycles. The molecule has 1 rings (SSSR count). The van der Waals surface area contributed by atoms with Crippen LogP contribution in [0.25, 0.3) is 0 Å². The van der Waals surface area contributed by atoms with E-state index in [4.69, 9.17) is 5.73 Å². The summed E-state index contributed by atoms with van der Waals surface area (Å²) in [5.41, 5.74) is 6.55. The zero-order valence-corrected chi connectivity index (χ0v) is 8.42. The molecule has 13 heavy (non-hydrogen) atoms. The highest BCUT2D eigenvalue weighted by Gasteiger charge is 2.04. The first-order valence-electron chi connectivity index (χ1n) is 4.10. The van der Waals surface area contributed by atoms with E-state index >= 15 is 0 Å². The molecule has 72 valence electrons. The number of nitrogens with zero attached hydrogens (tertiary/aromatic N) is 1. The molecule has 1 aromatic heterocycles. The van der Waals surface area contributed by atoms with Gasteiger partial charge in [0.05, 0.1) is 6.10 Å². The second-order valence-electron chi connectivity index (χ2n) is 2.90. The monoisotopic (exact) mass is 198 g/mol. The fourth-order valence-corrected chi connectivity index (χ4v) is 1.65. The van der Waals surface area contributed by atoms with Crippen LogP contribution in [0.1, 0.15) is 5.56 Å². The fourth-order valence-electron chi connectivity index (χ4n) is 1.14. The molecule has 3 N–H and O–H groups in total. The van der Waals surface area contributed by atoms with E-state index in [-0.39, 0.29) is 6.10 Å². The first kappa shape index (κ1) is 10.3. The van der Waals surface area contributed by atoms with Gasteiger partial charge in [-0.05, 0) is 30.4 Å². The number of aromatic nitrogens is 1. The summed E-state index contributed by atoms with van der Waals surface area (Å²) in [5.74, 6) is 1.26. The molecule has 0 radical (unpaired) electrons. The average molecular weight is 198 g/mol. The largest absolute Gasteiger partial charge is 0.392 e. The molecule has 0 aliphatic heterocycles. The molecule has 0 fully saturated rings. The van der Waals surface area contributed by atoms with Crippen molar-refractivity contribution in [1.82, 2.24) is 4.98 Å². The predicted molar refractivity (Wildman–Crippen MR) is 56.7 cm³/mol. The molecule has 1 heterocycles. The Kier molecular flexibility index (Phi) is 4.05. The van der Waals surface area contributed by atoms with Gasteiger partial charge in [-0.25, -0.2) is 4.98 Å². The lowest BCUT2D eigenvalue weighted by atomic mass is 10.1. The van der Waals surface area contributed by atoms with Gasteiger partial charge in [0.15, 0.2) is 0 Å². The molecule has 3 nitrogen and oxygen atoms in total. The Labute approximate surface area is 82.4 Å². The van der Waals surface area contributed by atoms with Gasteiger partial charge >= 0.3 is 0 Å². The molecule has 0 aliphatic carbocycles. The van der Waals surface area contributed by atoms with Crippen LogP contribution in [-0.4, -0.2) is 28.2 Å². The molecule has 1 aromatic rings. The Morgan fingerprint density at radius 1 is 1.69 bits per heavy atom. The first-order valence-corrected chi connectivity index (χ1v) is 5.49. The van der Waals surface area contributed by atoms with Crippen LogP contribution in [-0.2, 0) is 6.42 Å². The molecular formula is C9H14N2OS. The Morgan fingerprint density at radius 2 is 2.46 bits per heavy atom. The zero-order valence-electron chi connectivity index (χ0n) is 7.60. The van der Waals surface area contributed by atoms with Crippen molar-refractivity contribution in [3.63, 3.8) is 0 Å². The summed E-state index contributed by atoms with van der Waals surface area (Å²) in [7, 11) is 0. The van der Waals surface area contributed by atoms with Crippen LogP contribution in [0.5, 0.6) is 0 Å². The third-order valence-electron chi connectivity index (χ3n) is 1.68. The SMILES string of the molecule is CSCC(O)Cc1ccnc(N)c1. The van der Waals surface area contributed by atoms with Crippen LogP contribution in [0.15, 0.2) is 18.3 Å². The van der Waals surface area contributed by atoms with Gasteiger partial charge in [-0.1, -0.05) is 0 Å². The summed E-state index contributed by atoms with van der Waals surface area (Å²) >= 11 is 1.64. The number of aliphatic hydroxyl groups excluding tert-OH is 1. The Balaban J connectivity index is 2.53. The number of nitrogens with two attached hydrogens (primary N) is 1. The van der Waals surface area contributed by atoms with E-state index in [0.29, 0.717) is 12.2 Å². The summed E-state index contributed by atoms with van der Waals surface area (Å²) in [5, 5.41) is 9.51. The van der Waals surface area contributed by atoms with Gasteiger partial charge in [-0.15, -0.1) is 0 Å². The van der Waals surface area contributed by atoms with Gasteiger partial charge in [0.1, 0.15) is 5.82 Å². The van der Waals surface area contributed by atoms with Crippen molar-refractivity contribution >= 4 is 17.6 Å². The molecule has 0 bridgehead atoms. The minimum atomic E-state index is -0.295. The molecule has 0 saturated heterocycles. The minimum absolute atomic E-state index is 0.295. The molecule has 1 atom stereocenters. The third-order valence-corrected chi connectivity index (χ3v) is 2.39. The van der Waals surface area contributed by atoms with Crippen molar-refractivity contribution in [2.45, 2.75) is 12.5 Å². The summed E-state index contributed by atoms with van der Waals surface area (Å²) < 4.78 is 0. The van der Waals surface area contributed by atoms with Crippen molar-refractivity contribution in [2.24, 2.45) is 0 Å². The number of hydrogen-bond donors (Lipinski definition) is 2. The van der Waals surface area contributed by atoms with Gasteiger partial charge in [0.25, 0.3) is 0 Å². The highest BCUT2D eigenvalue weighted by molar-refractivity contribution is 7.98. The normalized spacial score (nSPS) is 12.8. The summed E-state index contributed by atoms with van der Waals surface area (Å²) in [6.45, 7) is 0.